The van der Waals surface area contributed by atoms with Crippen molar-refractivity contribution >= 4 is 46.7 Å². The zero-order valence-electron chi connectivity index (χ0n) is 23.2. The Morgan fingerprint density at radius 1 is 0.421 bits per heavy atom. The van der Waals surface area contributed by atoms with E-state index in [0.29, 0.717) is 0 Å². The second kappa shape index (κ2) is 17.4. The van der Waals surface area contributed by atoms with Crippen LogP contribution in [0.3, 0.4) is 0 Å². The molecule has 0 aliphatic carbocycles. The Bertz CT molecular complexity index is 959. The fourth-order valence-corrected chi connectivity index (χ4v) is 8.50. The molecule has 0 saturated heterocycles. The molecule has 6 heteroatoms. The SMILES string of the molecule is CN(C)CC[O][Al]([c]1ccccc1)[c]1ccccc1.CN(C)CC[O][Al]([c]1ccccc1)[c]1ccccc1. The molecule has 4 nitrogen and oxygen atoms in total. The fraction of sp³-hybridized carbons (Fsp3) is 0.250. The third kappa shape index (κ3) is 10.9. The molecule has 0 aromatic heterocycles. The third-order valence-corrected chi connectivity index (χ3v) is 11.2. The highest BCUT2D eigenvalue weighted by atomic mass is 27.2. The van der Waals surface area contributed by atoms with E-state index in [1.165, 1.54) is 17.7 Å². The summed E-state index contributed by atoms with van der Waals surface area (Å²) >= 11 is -3.07. The van der Waals surface area contributed by atoms with Crippen LogP contribution in [0.25, 0.3) is 0 Å². The van der Waals surface area contributed by atoms with Gasteiger partial charge in [0, 0.05) is 26.3 Å². The molecule has 0 amide bonds. The predicted octanol–water partition coefficient (Wildman–Crippen LogP) is 2.74. The van der Waals surface area contributed by atoms with E-state index in [4.69, 9.17) is 7.58 Å². The Kier molecular flexibility index (Phi) is 13.9. The summed E-state index contributed by atoms with van der Waals surface area (Å²) in [5, 5.41) is 0. The van der Waals surface area contributed by atoms with Gasteiger partial charge in [0.25, 0.3) is 0 Å². The zero-order valence-corrected chi connectivity index (χ0v) is 25.6. The molecule has 0 spiro atoms. The van der Waals surface area contributed by atoms with Crippen LogP contribution in [0, 0.1) is 0 Å². The molecule has 4 aromatic carbocycles. The van der Waals surface area contributed by atoms with Gasteiger partial charge in [-0.05, 0) is 28.2 Å². The van der Waals surface area contributed by atoms with Gasteiger partial charge in [-0.2, -0.15) is 0 Å². The molecule has 4 rings (SSSR count). The summed E-state index contributed by atoms with van der Waals surface area (Å²) < 4.78 is 17.8. The largest absolute Gasteiger partial charge is 0.544 e. The second-order valence-corrected chi connectivity index (χ2v) is 14.6. The summed E-state index contributed by atoms with van der Waals surface area (Å²) in [6.45, 7) is 3.49. The normalized spacial score (nSPS) is 10.7. The quantitative estimate of drug-likeness (QED) is 0.259. The molecular formula is C32H40Al2N2O2. The first-order valence-corrected chi connectivity index (χ1v) is 16.5. The molecule has 196 valence electrons. The Balaban J connectivity index is 0.000000211. The van der Waals surface area contributed by atoms with Gasteiger partial charge in [-0.25, -0.2) is 0 Å². The monoisotopic (exact) mass is 538 g/mol. The average Bonchev–Trinajstić information content (AvgIpc) is 2.95. The molecule has 38 heavy (non-hydrogen) atoms. The number of nitrogens with zero attached hydrogens (tertiary/aromatic N) is 2. The summed E-state index contributed by atoms with van der Waals surface area (Å²) in [5.74, 6) is 0. The van der Waals surface area contributed by atoms with Crippen molar-refractivity contribution in [2.45, 2.75) is 0 Å². The fourth-order valence-electron chi connectivity index (χ4n) is 3.99. The molecular weight excluding hydrogens is 498 g/mol. The van der Waals surface area contributed by atoms with Crippen molar-refractivity contribution in [3.63, 3.8) is 0 Å². The van der Waals surface area contributed by atoms with Crippen LogP contribution in [0.15, 0.2) is 121 Å². The molecule has 4 aromatic rings. The van der Waals surface area contributed by atoms with Crippen LogP contribution in [0.5, 0.6) is 0 Å². The maximum atomic E-state index is 6.22. The predicted molar refractivity (Wildman–Crippen MR) is 165 cm³/mol. The van der Waals surface area contributed by atoms with Crippen molar-refractivity contribution in [1.82, 2.24) is 9.80 Å². The minimum Gasteiger partial charge on any atom is -0.493 e. The van der Waals surface area contributed by atoms with E-state index in [1.807, 2.05) is 0 Å². The lowest BCUT2D eigenvalue weighted by Gasteiger charge is -2.16. The third-order valence-electron chi connectivity index (χ3n) is 6.06. The number of hydrogen-bond donors (Lipinski definition) is 0. The van der Waals surface area contributed by atoms with Gasteiger partial charge in [0.05, 0.1) is 0 Å². The van der Waals surface area contributed by atoms with Crippen LogP contribution >= 0.6 is 0 Å². The van der Waals surface area contributed by atoms with Crippen LogP contribution in [0.4, 0.5) is 0 Å². The molecule has 0 N–H and O–H groups in total. The van der Waals surface area contributed by atoms with Crippen molar-refractivity contribution in [1.29, 1.82) is 0 Å². The first kappa shape index (κ1) is 30.3. The second-order valence-electron chi connectivity index (χ2n) is 9.75. The molecule has 0 aliphatic rings. The molecule has 0 unspecified atom stereocenters. The minimum absolute atomic E-state index is 0.785. The smallest absolute Gasteiger partial charge is 0.493 e. The van der Waals surface area contributed by atoms with Crippen LogP contribution in [0.2, 0.25) is 0 Å². The van der Waals surface area contributed by atoms with Gasteiger partial charge in [0.15, 0.2) is 0 Å². The standard InChI is InChI=1S/4C6H5.2C4H10NO.2Al/c4*1-2-4-6-5-3-1;2*1-5(2)3-4-6;;/h4*1-5H;2*3-4H2,1-2H3;;/q;;;;2*-1;2*+1. The van der Waals surface area contributed by atoms with E-state index in [1.54, 1.807) is 0 Å². The van der Waals surface area contributed by atoms with Crippen molar-refractivity contribution in [3.05, 3.63) is 121 Å². The van der Waals surface area contributed by atoms with Crippen LogP contribution < -0.4 is 17.7 Å². The Morgan fingerprint density at radius 3 is 0.868 bits per heavy atom. The number of benzene rings is 4. The highest BCUT2D eigenvalue weighted by Gasteiger charge is 2.26. The molecule has 0 saturated carbocycles. The van der Waals surface area contributed by atoms with E-state index in [0.717, 1.165) is 26.3 Å². The first-order valence-electron chi connectivity index (χ1n) is 13.3. The Morgan fingerprint density at radius 2 is 0.658 bits per heavy atom. The minimum atomic E-state index is -1.54. The highest BCUT2D eigenvalue weighted by molar-refractivity contribution is 6.80. The van der Waals surface area contributed by atoms with Gasteiger partial charge in [-0.3, -0.25) is 0 Å². The van der Waals surface area contributed by atoms with E-state index in [2.05, 4.69) is 159 Å². The van der Waals surface area contributed by atoms with Crippen molar-refractivity contribution < 1.29 is 7.58 Å². The van der Waals surface area contributed by atoms with E-state index < -0.39 is 29.0 Å². The Labute approximate surface area is 238 Å². The van der Waals surface area contributed by atoms with Crippen LogP contribution in [-0.2, 0) is 7.58 Å². The molecule has 0 radical (unpaired) electrons. The summed E-state index contributed by atoms with van der Waals surface area (Å²) in [4.78, 5) is 4.31. The van der Waals surface area contributed by atoms with Gasteiger partial charge in [0.2, 0.25) is 0 Å². The summed E-state index contributed by atoms with van der Waals surface area (Å²) in [5.41, 5.74) is 0. The molecule has 0 atom stereocenters. The molecule has 0 bridgehead atoms. The van der Waals surface area contributed by atoms with Crippen molar-refractivity contribution in [2.24, 2.45) is 0 Å². The van der Waals surface area contributed by atoms with Gasteiger partial charge >= 0.3 is 29.0 Å². The summed E-state index contributed by atoms with van der Waals surface area (Å²) in [6.07, 6.45) is 0. The van der Waals surface area contributed by atoms with Crippen LogP contribution in [0.1, 0.15) is 0 Å². The lowest BCUT2D eigenvalue weighted by molar-refractivity contribution is 0.269. The van der Waals surface area contributed by atoms with Crippen LogP contribution in [-0.4, -0.2) is 93.3 Å². The van der Waals surface area contributed by atoms with Gasteiger partial charge in [-0.15, -0.1) is 0 Å². The molecule has 0 heterocycles. The maximum Gasteiger partial charge on any atom is 0.544 e. The number of hydrogen-bond acceptors (Lipinski definition) is 4. The summed E-state index contributed by atoms with van der Waals surface area (Å²) in [6, 6.07) is 42.4. The van der Waals surface area contributed by atoms with Crippen molar-refractivity contribution in [3.8, 4) is 0 Å². The van der Waals surface area contributed by atoms with Gasteiger partial charge in [0.1, 0.15) is 0 Å². The lowest BCUT2D eigenvalue weighted by Crippen LogP contribution is -2.45. The van der Waals surface area contributed by atoms with Gasteiger partial charge < -0.3 is 17.4 Å². The van der Waals surface area contributed by atoms with E-state index in [9.17, 15) is 0 Å². The van der Waals surface area contributed by atoms with E-state index in [-0.39, 0.29) is 0 Å². The highest BCUT2D eigenvalue weighted by Crippen LogP contribution is 1.96. The molecule has 0 aliphatic heterocycles. The topological polar surface area (TPSA) is 24.9 Å². The first-order chi connectivity index (χ1) is 18.5. The average molecular weight is 539 g/mol. The maximum absolute atomic E-state index is 6.22. The number of rotatable bonds is 12. The zero-order chi connectivity index (χ0) is 27.0. The summed E-state index contributed by atoms with van der Waals surface area (Å²) in [7, 11) is 8.30. The van der Waals surface area contributed by atoms with Crippen molar-refractivity contribution in [2.75, 3.05) is 54.5 Å². The van der Waals surface area contributed by atoms with E-state index >= 15 is 0 Å². The van der Waals surface area contributed by atoms with Gasteiger partial charge in [-0.1, -0.05) is 139 Å². The lowest BCUT2D eigenvalue weighted by atomic mass is 10.4. The Hall–Kier alpha value is -2.22. The molecule has 0 fully saturated rings. The number of likely N-dealkylation sites (N-methyl/N-ethyl adjacent to an activating group) is 2.